The molecule has 1 atom stereocenters. The predicted octanol–water partition coefficient (Wildman–Crippen LogP) is 1.43. The summed E-state index contributed by atoms with van der Waals surface area (Å²) in [6.07, 6.45) is 4.23. The van der Waals surface area contributed by atoms with E-state index in [2.05, 4.69) is 4.98 Å². The monoisotopic (exact) mass is 231 g/mol. The molecular formula is C13H17N3O. The Morgan fingerprint density at radius 1 is 1.35 bits per heavy atom. The Hall–Kier alpha value is -1.65. The van der Waals surface area contributed by atoms with Crippen LogP contribution in [0, 0.1) is 0 Å². The SMILES string of the molecule is C[C@H](N)c1cncn1-c1ccc(CCO)cc1. The van der Waals surface area contributed by atoms with Crippen molar-refractivity contribution in [1.82, 2.24) is 9.55 Å². The number of hydrogen-bond donors (Lipinski definition) is 2. The van der Waals surface area contributed by atoms with E-state index >= 15 is 0 Å². The first-order valence-electron chi connectivity index (χ1n) is 5.70. The van der Waals surface area contributed by atoms with Gasteiger partial charge in [-0.3, -0.25) is 0 Å². The van der Waals surface area contributed by atoms with Gasteiger partial charge in [0, 0.05) is 18.3 Å². The average Bonchev–Trinajstić information content (AvgIpc) is 2.79. The molecule has 0 saturated carbocycles. The van der Waals surface area contributed by atoms with Gasteiger partial charge < -0.3 is 15.4 Å². The van der Waals surface area contributed by atoms with Crippen molar-refractivity contribution in [3.63, 3.8) is 0 Å². The second-order valence-corrected chi connectivity index (χ2v) is 4.12. The van der Waals surface area contributed by atoms with Crippen LogP contribution >= 0.6 is 0 Å². The molecule has 0 spiro atoms. The zero-order chi connectivity index (χ0) is 12.3. The quantitative estimate of drug-likeness (QED) is 0.836. The normalized spacial score (nSPS) is 12.6. The first-order valence-corrected chi connectivity index (χ1v) is 5.70. The zero-order valence-corrected chi connectivity index (χ0v) is 9.87. The lowest BCUT2D eigenvalue weighted by molar-refractivity contribution is 0.299. The van der Waals surface area contributed by atoms with Crippen molar-refractivity contribution in [3.8, 4) is 5.69 Å². The van der Waals surface area contributed by atoms with Crippen LogP contribution in [-0.2, 0) is 6.42 Å². The van der Waals surface area contributed by atoms with E-state index < -0.39 is 0 Å². The number of nitrogens with zero attached hydrogens (tertiary/aromatic N) is 2. The van der Waals surface area contributed by atoms with Crippen molar-refractivity contribution >= 4 is 0 Å². The summed E-state index contributed by atoms with van der Waals surface area (Å²) in [7, 11) is 0. The Balaban J connectivity index is 2.30. The van der Waals surface area contributed by atoms with Gasteiger partial charge in [-0.2, -0.15) is 0 Å². The van der Waals surface area contributed by atoms with Gasteiger partial charge in [0.1, 0.15) is 0 Å². The maximum atomic E-state index is 8.86. The zero-order valence-electron chi connectivity index (χ0n) is 9.87. The van der Waals surface area contributed by atoms with Gasteiger partial charge in [-0.1, -0.05) is 12.1 Å². The van der Waals surface area contributed by atoms with Crippen LogP contribution < -0.4 is 5.73 Å². The summed E-state index contributed by atoms with van der Waals surface area (Å²) in [5.41, 5.74) is 9.03. The van der Waals surface area contributed by atoms with Gasteiger partial charge in [0.05, 0.1) is 18.2 Å². The lowest BCUT2D eigenvalue weighted by Crippen LogP contribution is -2.10. The summed E-state index contributed by atoms with van der Waals surface area (Å²) in [4.78, 5) is 4.12. The van der Waals surface area contributed by atoms with Crippen LogP contribution in [0.5, 0.6) is 0 Å². The Morgan fingerprint density at radius 3 is 2.65 bits per heavy atom. The Labute approximate surface area is 101 Å². The van der Waals surface area contributed by atoms with Crippen LogP contribution in [-0.4, -0.2) is 21.3 Å². The van der Waals surface area contributed by atoms with Crippen molar-refractivity contribution < 1.29 is 5.11 Å². The first kappa shape index (κ1) is 11.8. The molecule has 3 N–H and O–H groups in total. The topological polar surface area (TPSA) is 64.1 Å². The fraction of sp³-hybridized carbons (Fsp3) is 0.308. The highest BCUT2D eigenvalue weighted by molar-refractivity contribution is 5.36. The van der Waals surface area contributed by atoms with Crippen molar-refractivity contribution in [2.24, 2.45) is 5.73 Å². The Kier molecular flexibility index (Phi) is 3.56. The maximum absolute atomic E-state index is 8.86. The highest BCUT2D eigenvalue weighted by Crippen LogP contribution is 2.16. The third-order valence-electron chi connectivity index (χ3n) is 2.75. The van der Waals surface area contributed by atoms with E-state index in [9.17, 15) is 0 Å². The molecule has 90 valence electrons. The lowest BCUT2D eigenvalue weighted by atomic mass is 10.1. The summed E-state index contributed by atoms with van der Waals surface area (Å²) in [5.74, 6) is 0. The molecule has 0 radical (unpaired) electrons. The molecule has 0 bridgehead atoms. The molecular weight excluding hydrogens is 214 g/mol. The molecule has 4 nitrogen and oxygen atoms in total. The summed E-state index contributed by atoms with van der Waals surface area (Å²) < 4.78 is 1.98. The number of aromatic nitrogens is 2. The van der Waals surface area contributed by atoms with E-state index in [0.717, 1.165) is 16.9 Å². The van der Waals surface area contributed by atoms with Crippen LogP contribution in [0.25, 0.3) is 5.69 Å². The van der Waals surface area contributed by atoms with Crippen molar-refractivity contribution in [2.75, 3.05) is 6.61 Å². The van der Waals surface area contributed by atoms with E-state index in [1.54, 1.807) is 12.5 Å². The molecule has 0 aliphatic heterocycles. The van der Waals surface area contributed by atoms with Gasteiger partial charge >= 0.3 is 0 Å². The third-order valence-corrected chi connectivity index (χ3v) is 2.75. The Morgan fingerprint density at radius 2 is 2.06 bits per heavy atom. The molecule has 0 aliphatic rings. The fourth-order valence-electron chi connectivity index (χ4n) is 1.81. The number of benzene rings is 1. The number of aliphatic hydroxyl groups is 1. The molecule has 1 aromatic heterocycles. The summed E-state index contributed by atoms with van der Waals surface area (Å²) in [6, 6.07) is 8.00. The molecule has 0 saturated heterocycles. The van der Waals surface area contributed by atoms with Crippen molar-refractivity contribution in [2.45, 2.75) is 19.4 Å². The maximum Gasteiger partial charge on any atom is 0.0994 e. The van der Waals surface area contributed by atoms with Crippen LogP contribution in [0.3, 0.4) is 0 Å². The standard InChI is InChI=1S/C13H17N3O/c1-10(14)13-8-15-9-16(13)12-4-2-11(3-5-12)6-7-17/h2-5,8-10,17H,6-7,14H2,1H3/t10-/m0/s1. The number of rotatable bonds is 4. The number of imidazole rings is 1. The molecule has 1 heterocycles. The minimum absolute atomic E-state index is 0.0466. The van der Waals surface area contributed by atoms with E-state index in [1.807, 2.05) is 35.8 Å². The molecule has 1 aromatic carbocycles. The molecule has 4 heteroatoms. The number of nitrogens with two attached hydrogens (primary N) is 1. The number of hydrogen-bond acceptors (Lipinski definition) is 3. The molecule has 0 amide bonds. The average molecular weight is 231 g/mol. The molecule has 2 rings (SSSR count). The van der Waals surface area contributed by atoms with Gasteiger partial charge in [0.15, 0.2) is 0 Å². The van der Waals surface area contributed by atoms with E-state index in [0.29, 0.717) is 6.42 Å². The number of aliphatic hydroxyl groups excluding tert-OH is 1. The second kappa shape index (κ2) is 5.12. The Bertz CT molecular complexity index is 474. The largest absolute Gasteiger partial charge is 0.396 e. The van der Waals surface area contributed by atoms with Crippen LogP contribution in [0.2, 0.25) is 0 Å². The molecule has 2 aromatic rings. The smallest absolute Gasteiger partial charge is 0.0994 e. The van der Waals surface area contributed by atoms with Gasteiger partial charge in [-0.15, -0.1) is 0 Å². The predicted molar refractivity (Wildman–Crippen MR) is 67.0 cm³/mol. The molecule has 17 heavy (non-hydrogen) atoms. The lowest BCUT2D eigenvalue weighted by Gasteiger charge is -2.11. The van der Waals surface area contributed by atoms with E-state index in [4.69, 9.17) is 10.8 Å². The van der Waals surface area contributed by atoms with Crippen LogP contribution in [0.4, 0.5) is 0 Å². The van der Waals surface area contributed by atoms with Crippen molar-refractivity contribution in [1.29, 1.82) is 0 Å². The second-order valence-electron chi connectivity index (χ2n) is 4.12. The highest BCUT2D eigenvalue weighted by atomic mass is 16.2. The summed E-state index contributed by atoms with van der Waals surface area (Å²) in [5, 5.41) is 8.86. The van der Waals surface area contributed by atoms with E-state index in [1.165, 1.54) is 0 Å². The first-order chi connectivity index (χ1) is 8.22. The fourth-order valence-corrected chi connectivity index (χ4v) is 1.81. The van der Waals surface area contributed by atoms with Crippen LogP contribution in [0.15, 0.2) is 36.8 Å². The molecule has 0 aliphatic carbocycles. The van der Waals surface area contributed by atoms with Crippen LogP contribution in [0.1, 0.15) is 24.2 Å². The van der Waals surface area contributed by atoms with Crippen molar-refractivity contribution in [3.05, 3.63) is 48.0 Å². The van der Waals surface area contributed by atoms with Gasteiger partial charge in [0.25, 0.3) is 0 Å². The minimum Gasteiger partial charge on any atom is -0.396 e. The van der Waals surface area contributed by atoms with Gasteiger partial charge in [0.2, 0.25) is 0 Å². The highest BCUT2D eigenvalue weighted by Gasteiger charge is 2.07. The minimum atomic E-state index is -0.0466. The van der Waals surface area contributed by atoms with E-state index in [-0.39, 0.29) is 12.6 Å². The van der Waals surface area contributed by atoms with Gasteiger partial charge in [-0.25, -0.2) is 4.98 Å². The molecule has 0 unspecified atom stereocenters. The third kappa shape index (κ3) is 2.54. The van der Waals surface area contributed by atoms with Gasteiger partial charge in [-0.05, 0) is 31.0 Å². The summed E-state index contributed by atoms with van der Waals surface area (Å²) in [6.45, 7) is 2.11. The summed E-state index contributed by atoms with van der Waals surface area (Å²) >= 11 is 0. The molecule has 0 fully saturated rings.